The third-order valence-electron chi connectivity index (χ3n) is 7.60. The number of nitrogens with one attached hydrogen (secondary N) is 1. The van der Waals surface area contributed by atoms with Crippen molar-refractivity contribution in [3.63, 3.8) is 0 Å². The molecule has 0 fully saturated rings. The van der Waals surface area contributed by atoms with Gasteiger partial charge in [-0.25, -0.2) is 0 Å². The molecule has 1 aromatic heterocycles. The molecule has 4 nitrogen and oxygen atoms in total. The van der Waals surface area contributed by atoms with Crippen molar-refractivity contribution in [2.75, 3.05) is 11.9 Å². The number of ether oxygens (including phenoxy) is 1. The molecule has 1 N–H and O–H groups in total. The minimum atomic E-state index is -0.0181. The van der Waals surface area contributed by atoms with E-state index in [2.05, 4.69) is 85.0 Å². The first-order chi connectivity index (χ1) is 19.8. The van der Waals surface area contributed by atoms with Crippen molar-refractivity contribution >= 4 is 22.9 Å². The summed E-state index contributed by atoms with van der Waals surface area (Å²) in [7, 11) is 0. The number of benzene rings is 2. The number of carbonyl (C=O) groups is 1. The Kier molecular flexibility index (Phi) is 17.1. The van der Waals surface area contributed by atoms with Gasteiger partial charge in [-0.2, -0.15) is 4.57 Å². The molecule has 0 spiro atoms. The summed E-state index contributed by atoms with van der Waals surface area (Å²) in [6.07, 6.45) is 18.4. The standard InChI is InChI=1S/C36H52N2O2S.BrH/c1-5-6-7-8-9-10-11-12-13-14-15-16-24-40-34-26-31(19-22-33(34)36(2,3)4)27-35(39)37-32-20-17-30(18-21-32)28-38-23-25-41-29-38;/h17-23,25-26,29H,5-16,24,27-28H2,1-4H3;1H. The summed E-state index contributed by atoms with van der Waals surface area (Å²) in [4.78, 5) is 12.8. The second-order valence-electron chi connectivity index (χ2n) is 12.4. The van der Waals surface area contributed by atoms with Crippen molar-refractivity contribution in [3.05, 3.63) is 76.2 Å². The van der Waals surface area contributed by atoms with Crippen molar-refractivity contribution in [3.8, 4) is 5.75 Å². The molecular formula is C36H53BrN2O2S. The smallest absolute Gasteiger partial charge is 0.228 e. The molecule has 0 radical (unpaired) electrons. The van der Waals surface area contributed by atoms with Gasteiger partial charge in [-0.05, 0) is 41.2 Å². The summed E-state index contributed by atoms with van der Waals surface area (Å²) in [5.41, 5.74) is 6.28. The maximum atomic E-state index is 12.8. The average Bonchev–Trinajstić information content (AvgIpc) is 3.45. The Bertz CT molecular complexity index is 1140. The highest BCUT2D eigenvalue weighted by atomic mass is 79.9. The van der Waals surface area contributed by atoms with Gasteiger partial charge in [-0.3, -0.25) is 4.79 Å². The number of halogens is 1. The number of unbranched alkanes of at least 4 members (excludes halogenated alkanes) is 11. The van der Waals surface area contributed by atoms with E-state index in [4.69, 9.17) is 4.74 Å². The summed E-state index contributed by atoms with van der Waals surface area (Å²) in [5, 5.41) is 5.12. The minimum Gasteiger partial charge on any atom is -1.00 e. The Hall–Kier alpha value is -2.18. The van der Waals surface area contributed by atoms with Crippen LogP contribution >= 0.6 is 11.3 Å². The van der Waals surface area contributed by atoms with E-state index < -0.39 is 0 Å². The van der Waals surface area contributed by atoms with Gasteiger partial charge < -0.3 is 27.0 Å². The highest BCUT2D eigenvalue weighted by Crippen LogP contribution is 2.32. The number of thiazole rings is 1. The Morgan fingerprint density at radius 2 is 1.43 bits per heavy atom. The van der Waals surface area contributed by atoms with E-state index >= 15 is 0 Å². The van der Waals surface area contributed by atoms with Crippen LogP contribution in [-0.4, -0.2) is 12.5 Å². The molecular weight excluding hydrogens is 604 g/mol. The average molecular weight is 658 g/mol. The van der Waals surface area contributed by atoms with E-state index in [-0.39, 0.29) is 28.3 Å². The van der Waals surface area contributed by atoms with Crippen LogP contribution in [0, 0.1) is 0 Å². The topological polar surface area (TPSA) is 42.2 Å². The van der Waals surface area contributed by atoms with E-state index in [1.54, 1.807) is 11.3 Å². The lowest BCUT2D eigenvalue weighted by molar-refractivity contribution is -0.683. The molecule has 3 aromatic rings. The van der Waals surface area contributed by atoms with Crippen LogP contribution in [0.25, 0.3) is 0 Å². The molecule has 42 heavy (non-hydrogen) atoms. The first-order valence-corrected chi connectivity index (χ1v) is 16.9. The summed E-state index contributed by atoms with van der Waals surface area (Å²) >= 11 is 1.68. The molecule has 2 aromatic carbocycles. The maximum Gasteiger partial charge on any atom is 0.228 e. The highest BCUT2D eigenvalue weighted by Gasteiger charge is 2.20. The van der Waals surface area contributed by atoms with Crippen molar-refractivity contribution < 1.29 is 31.1 Å². The molecule has 0 bridgehead atoms. The van der Waals surface area contributed by atoms with Crippen LogP contribution in [-0.2, 0) is 23.2 Å². The van der Waals surface area contributed by atoms with Gasteiger partial charge in [0.25, 0.3) is 0 Å². The summed E-state index contributed by atoms with van der Waals surface area (Å²) in [6, 6.07) is 14.4. The van der Waals surface area contributed by atoms with Crippen molar-refractivity contribution in [2.45, 2.75) is 123 Å². The fourth-order valence-electron chi connectivity index (χ4n) is 5.19. The van der Waals surface area contributed by atoms with E-state index in [1.165, 1.54) is 81.8 Å². The molecule has 0 atom stereocenters. The highest BCUT2D eigenvalue weighted by molar-refractivity contribution is 7.07. The second-order valence-corrected chi connectivity index (χ2v) is 13.2. The number of amides is 1. The quantitative estimate of drug-likeness (QED) is 0.116. The zero-order chi connectivity index (χ0) is 29.3. The molecule has 6 heteroatoms. The third-order valence-corrected chi connectivity index (χ3v) is 8.28. The van der Waals surface area contributed by atoms with Crippen molar-refractivity contribution in [1.29, 1.82) is 0 Å². The van der Waals surface area contributed by atoms with Gasteiger partial charge in [-0.15, -0.1) is 0 Å². The van der Waals surface area contributed by atoms with Crippen LogP contribution < -0.4 is 31.6 Å². The van der Waals surface area contributed by atoms with Crippen LogP contribution in [0.15, 0.2) is 59.6 Å². The number of anilines is 1. The van der Waals surface area contributed by atoms with Crippen LogP contribution in [0.4, 0.5) is 5.69 Å². The number of carbonyl (C=O) groups excluding carboxylic acids is 1. The monoisotopic (exact) mass is 656 g/mol. The molecule has 0 aliphatic carbocycles. The van der Waals surface area contributed by atoms with Gasteiger partial charge in [0.15, 0.2) is 12.7 Å². The first kappa shape index (κ1) is 36.0. The van der Waals surface area contributed by atoms with E-state index in [1.807, 2.05) is 12.1 Å². The van der Waals surface area contributed by atoms with Gasteiger partial charge in [0.1, 0.15) is 5.75 Å². The number of rotatable bonds is 19. The fourth-order valence-corrected chi connectivity index (χ4v) is 5.79. The summed E-state index contributed by atoms with van der Waals surface area (Å²) < 4.78 is 8.47. The van der Waals surface area contributed by atoms with Crippen LogP contribution in [0.5, 0.6) is 5.75 Å². The van der Waals surface area contributed by atoms with Crippen molar-refractivity contribution in [1.82, 2.24) is 0 Å². The predicted molar refractivity (Wildman–Crippen MR) is 174 cm³/mol. The number of aromatic nitrogens is 1. The lowest BCUT2D eigenvalue weighted by Gasteiger charge is -2.23. The normalized spacial score (nSPS) is 11.2. The lowest BCUT2D eigenvalue weighted by atomic mass is 9.85. The Labute approximate surface area is 270 Å². The van der Waals surface area contributed by atoms with Gasteiger partial charge in [-0.1, -0.05) is 134 Å². The molecule has 0 saturated carbocycles. The zero-order valence-corrected chi connectivity index (χ0v) is 28.8. The van der Waals surface area contributed by atoms with Gasteiger partial charge in [0.05, 0.1) is 18.4 Å². The lowest BCUT2D eigenvalue weighted by Crippen LogP contribution is -3.00. The predicted octanol–water partition coefficient (Wildman–Crippen LogP) is 6.65. The van der Waals surface area contributed by atoms with E-state index in [0.29, 0.717) is 6.42 Å². The second kappa shape index (κ2) is 19.9. The van der Waals surface area contributed by atoms with Crippen LogP contribution in [0.1, 0.15) is 121 Å². The van der Waals surface area contributed by atoms with Gasteiger partial charge in [0, 0.05) is 11.3 Å². The Balaban J connectivity index is 0.00000616. The SMILES string of the molecule is CCCCCCCCCCCCCCOc1cc(CC(=O)Nc2ccc(C[n+]3ccsc3)cc2)ccc1C(C)(C)C.[Br-]. The van der Waals surface area contributed by atoms with Gasteiger partial charge >= 0.3 is 0 Å². The number of hydrogen-bond donors (Lipinski definition) is 1. The molecule has 1 heterocycles. The summed E-state index contributed by atoms with van der Waals surface area (Å²) in [5.74, 6) is 0.904. The molecule has 0 saturated heterocycles. The number of hydrogen-bond acceptors (Lipinski definition) is 3. The fraction of sp³-hybridized carbons (Fsp3) is 0.556. The van der Waals surface area contributed by atoms with E-state index in [0.717, 1.165) is 36.6 Å². The molecule has 0 unspecified atom stereocenters. The largest absolute Gasteiger partial charge is 1.00 e. The Morgan fingerprint density at radius 1 is 0.833 bits per heavy atom. The van der Waals surface area contributed by atoms with E-state index in [9.17, 15) is 4.79 Å². The van der Waals surface area contributed by atoms with Gasteiger partial charge in [0.2, 0.25) is 11.4 Å². The minimum absolute atomic E-state index is 0. The molecule has 232 valence electrons. The Morgan fingerprint density at radius 3 is 2.00 bits per heavy atom. The van der Waals surface area contributed by atoms with Crippen LogP contribution in [0.2, 0.25) is 0 Å². The molecule has 1 amide bonds. The number of nitrogens with zero attached hydrogens (tertiary/aromatic N) is 1. The zero-order valence-electron chi connectivity index (χ0n) is 26.4. The molecule has 0 aliphatic heterocycles. The first-order valence-electron chi connectivity index (χ1n) is 15.9. The van der Waals surface area contributed by atoms with Crippen molar-refractivity contribution in [2.24, 2.45) is 0 Å². The molecule has 0 aliphatic rings. The molecule has 3 rings (SSSR count). The summed E-state index contributed by atoms with van der Waals surface area (Å²) in [6.45, 7) is 10.5. The van der Waals surface area contributed by atoms with Crippen LogP contribution in [0.3, 0.4) is 0 Å². The third kappa shape index (κ3) is 13.9. The maximum absolute atomic E-state index is 12.8.